The van der Waals surface area contributed by atoms with Gasteiger partial charge in [-0.05, 0) is 12.1 Å². The van der Waals surface area contributed by atoms with E-state index in [1.165, 1.54) is 0 Å². The zero-order valence-electron chi connectivity index (χ0n) is 11.0. The van der Waals surface area contributed by atoms with E-state index in [0.29, 0.717) is 18.8 Å². The molecule has 2 aliphatic rings. The summed E-state index contributed by atoms with van der Waals surface area (Å²) in [5.74, 6) is 2.19. The fourth-order valence-electron chi connectivity index (χ4n) is 2.32. The fourth-order valence-corrected chi connectivity index (χ4v) is 2.32. The molecule has 2 heterocycles. The van der Waals surface area contributed by atoms with E-state index in [0.717, 1.165) is 5.69 Å². The van der Waals surface area contributed by atoms with Crippen molar-refractivity contribution in [2.45, 2.75) is 11.6 Å². The SMILES string of the molecule is C#CC1(O)CN(C(=O)c2ccccc2NC2COC2)C1. The van der Waals surface area contributed by atoms with Gasteiger partial charge in [0.25, 0.3) is 5.91 Å². The number of carbonyl (C=O) groups is 1. The lowest BCUT2D eigenvalue weighted by Gasteiger charge is -2.43. The van der Waals surface area contributed by atoms with E-state index in [2.05, 4.69) is 11.2 Å². The molecule has 1 aromatic rings. The number of aliphatic hydroxyl groups is 1. The lowest BCUT2D eigenvalue weighted by atomic mass is 9.94. The summed E-state index contributed by atoms with van der Waals surface area (Å²) in [7, 11) is 0. The number of ether oxygens (including phenoxy) is 1. The number of likely N-dealkylation sites (tertiary alicyclic amines) is 1. The zero-order valence-corrected chi connectivity index (χ0v) is 11.0. The molecule has 2 aliphatic heterocycles. The summed E-state index contributed by atoms with van der Waals surface area (Å²) in [5, 5.41) is 13.1. The van der Waals surface area contributed by atoms with Crippen molar-refractivity contribution in [3.05, 3.63) is 29.8 Å². The first kappa shape index (κ1) is 13.0. The van der Waals surface area contributed by atoms with Crippen LogP contribution in [0.5, 0.6) is 0 Å². The van der Waals surface area contributed by atoms with Crippen molar-refractivity contribution in [1.29, 1.82) is 0 Å². The highest BCUT2D eigenvalue weighted by Crippen LogP contribution is 2.26. The molecule has 0 aromatic heterocycles. The van der Waals surface area contributed by atoms with Gasteiger partial charge in [0.1, 0.15) is 0 Å². The number of carbonyl (C=O) groups excluding carboxylic acids is 1. The van der Waals surface area contributed by atoms with Gasteiger partial charge in [0.15, 0.2) is 5.60 Å². The quantitative estimate of drug-likeness (QED) is 0.778. The van der Waals surface area contributed by atoms with Crippen LogP contribution >= 0.6 is 0 Å². The molecule has 0 aliphatic carbocycles. The fraction of sp³-hybridized carbons (Fsp3) is 0.400. The molecular weight excluding hydrogens is 256 g/mol. The van der Waals surface area contributed by atoms with Gasteiger partial charge in [0.05, 0.1) is 37.9 Å². The van der Waals surface area contributed by atoms with Gasteiger partial charge in [-0.25, -0.2) is 0 Å². The summed E-state index contributed by atoms with van der Waals surface area (Å²) in [5.41, 5.74) is 0.222. The van der Waals surface area contributed by atoms with Crippen LogP contribution < -0.4 is 5.32 Å². The van der Waals surface area contributed by atoms with Crippen molar-refractivity contribution in [1.82, 2.24) is 4.90 Å². The first-order valence-electron chi connectivity index (χ1n) is 6.54. The Labute approximate surface area is 117 Å². The maximum atomic E-state index is 12.4. The van der Waals surface area contributed by atoms with Crippen molar-refractivity contribution in [3.63, 3.8) is 0 Å². The van der Waals surface area contributed by atoms with Crippen molar-refractivity contribution in [2.24, 2.45) is 0 Å². The minimum absolute atomic E-state index is 0.117. The summed E-state index contributed by atoms with van der Waals surface area (Å²) in [6.07, 6.45) is 5.23. The monoisotopic (exact) mass is 272 g/mol. The molecule has 0 atom stereocenters. The molecule has 2 N–H and O–H groups in total. The smallest absolute Gasteiger partial charge is 0.256 e. The van der Waals surface area contributed by atoms with Gasteiger partial charge in [0, 0.05) is 5.69 Å². The molecule has 0 radical (unpaired) electrons. The molecule has 5 heteroatoms. The van der Waals surface area contributed by atoms with Crippen LogP contribution in [0.1, 0.15) is 10.4 Å². The Kier molecular flexibility index (Phi) is 3.13. The van der Waals surface area contributed by atoms with Crippen molar-refractivity contribution in [2.75, 3.05) is 31.6 Å². The molecule has 0 unspecified atom stereocenters. The second kappa shape index (κ2) is 4.82. The Hall–Kier alpha value is -2.03. The molecule has 5 nitrogen and oxygen atoms in total. The Morgan fingerprint density at radius 1 is 1.45 bits per heavy atom. The second-order valence-corrected chi connectivity index (χ2v) is 5.26. The number of rotatable bonds is 3. The van der Waals surface area contributed by atoms with E-state index in [9.17, 15) is 9.90 Å². The number of amides is 1. The van der Waals surface area contributed by atoms with Crippen LogP contribution in [0.15, 0.2) is 24.3 Å². The third kappa shape index (κ3) is 2.24. The normalized spacial score (nSPS) is 20.5. The molecule has 0 saturated carbocycles. The van der Waals surface area contributed by atoms with Crippen molar-refractivity contribution in [3.8, 4) is 12.3 Å². The first-order valence-corrected chi connectivity index (χ1v) is 6.54. The number of para-hydroxylation sites is 1. The average Bonchev–Trinajstić information content (AvgIpc) is 2.39. The maximum Gasteiger partial charge on any atom is 0.256 e. The van der Waals surface area contributed by atoms with Gasteiger partial charge in [-0.3, -0.25) is 4.79 Å². The molecule has 2 fully saturated rings. The minimum Gasteiger partial charge on any atom is -0.377 e. The Bertz CT molecular complexity index is 569. The third-order valence-electron chi connectivity index (χ3n) is 3.62. The van der Waals surface area contributed by atoms with Crippen LogP contribution in [0.2, 0.25) is 0 Å². The molecule has 0 bridgehead atoms. The van der Waals surface area contributed by atoms with Gasteiger partial charge in [-0.1, -0.05) is 18.1 Å². The number of nitrogens with zero attached hydrogens (tertiary/aromatic N) is 1. The van der Waals surface area contributed by atoms with E-state index in [1.54, 1.807) is 11.0 Å². The van der Waals surface area contributed by atoms with Crippen LogP contribution in [-0.4, -0.2) is 53.9 Å². The molecular formula is C15H16N2O3. The molecule has 20 heavy (non-hydrogen) atoms. The van der Waals surface area contributed by atoms with E-state index in [4.69, 9.17) is 11.2 Å². The largest absolute Gasteiger partial charge is 0.377 e. The lowest BCUT2D eigenvalue weighted by molar-refractivity contribution is -0.0387. The number of β-amino-alcohol motifs (C(OH)–C–C–N with tert-alkyl or cyclic N) is 1. The molecule has 1 aromatic carbocycles. The average molecular weight is 272 g/mol. The molecule has 0 spiro atoms. The van der Waals surface area contributed by atoms with E-state index in [-0.39, 0.29) is 25.0 Å². The van der Waals surface area contributed by atoms with Crippen LogP contribution in [-0.2, 0) is 4.74 Å². The van der Waals surface area contributed by atoms with Crippen molar-refractivity contribution < 1.29 is 14.6 Å². The Balaban J connectivity index is 1.73. The highest BCUT2D eigenvalue weighted by Gasteiger charge is 2.42. The summed E-state index contributed by atoms with van der Waals surface area (Å²) < 4.78 is 5.12. The molecule has 2 saturated heterocycles. The Morgan fingerprint density at radius 2 is 2.15 bits per heavy atom. The summed E-state index contributed by atoms with van der Waals surface area (Å²) in [6, 6.07) is 7.61. The van der Waals surface area contributed by atoms with Gasteiger partial charge in [-0.15, -0.1) is 6.42 Å². The first-order chi connectivity index (χ1) is 9.61. The van der Waals surface area contributed by atoms with Gasteiger partial charge in [0.2, 0.25) is 0 Å². The van der Waals surface area contributed by atoms with E-state index >= 15 is 0 Å². The zero-order chi connectivity index (χ0) is 14.2. The molecule has 3 rings (SSSR count). The highest BCUT2D eigenvalue weighted by molar-refractivity contribution is 6.00. The number of anilines is 1. The second-order valence-electron chi connectivity index (χ2n) is 5.26. The van der Waals surface area contributed by atoms with Crippen LogP contribution in [0.3, 0.4) is 0 Å². The van der Waals surface area contributed by atoms with Gasteiger partial charge < -0.3 is 20.1 Å². The number of hydrogen-bond acceptors (Lipinski definition) is 4. The third-order valence-corrected chi connectivity index (χ3v) is 3.62. The van der Waals surface area contributed by atoms with Crippen molar-refractivity contribution >= 4 is 11.6 Å². The van der Waals surface area contributed by atoms with Gasteiger partial charge in [-0.2, -0.15) is 0 Å². The highest BCUT2D eigenvalue weighted by atomic mass is 16.5. The summed E-state index contributed by atoms with van der Waals surface area (Å²) in [6.45, 7) is 1.68. The number of hydrogen-bond donors (Lipinski definition) is 2. The predicted octanol–water partition coefficient (Wildman–Crippen LogP) is 0.317. The summed E-state index contributed by atoms with van der Waals surface area (Å²) >= 11 is 0. The molecule has 1 amide bonds. The topological polar surface area (TPSA) is 61.8 Å². The number of nitrogens with one attached hydrogen (secondary N) is 1. The summed E-state index contributed by atoms with van der Waals surface area (Å²) in [4.78, 5) is 14.0. The number of terminal acetylenes is 1. The molecule has 104 valence electrons. The van der Waals surface area contributed by atoms with E-state index in [1.807, 2.05) is 18.2 Å². The number of benzene rings is 1. The Morgan fingerprint density at radius 3 is 2.75 bits per heavy atom. The minimum atomic E-state index is -1.17. The lowest BCUT2D eigenvalue weighted by Crippen LogP contribution is -2.62. The van der Waals surface area contributed by atoms with Crippen LogP contribution in [0.4, 0.5) is 5.69 Å². The van der Waals surface area contributed by atoms with Crippen LogP contribution in [0.25, 0.3) is 0 Å². The van der Waals surface area contributed by atoms with E-state index < -0.39 is 5.60 Å². The predicted molar refractivity (Wildman–Crippen MR) is 74.4 cm³/mol. The van der Waals surface area contributed by atoms with Crippen LogP contribution in [0, 0.1) is 12.3 Å². The maximum absolute atomic E-state index is 12.4. The van der Waals surface area contributed by atoms with Gasteiger partial charge >= 0.3 is 0 Å². The standard InChI is InChI=1S/C15H16N2O3/c1-2-15(19)9-17(10-15)14(18)12-5-3-4-6-13(12)16-11-7-20-8-11/h1,3-6,11,16,19H,7-10H2.